The standard InChI is InChI=1S/C27H29N5O/c1-18-28-10-11-31(18)17-22-4-2-3-5-25(22)27(33)32-23-6-7-24(32)15-19(14-23)12-20-13-21-8-9-29-26(21)30-16-20/h2-5,8-11,13,16,19,23-24H,6-7,12,14-15,17H2,1H3,(H,29,30)/t23-,24-/m0/s1. The fraction of sp³-hybridized carbons (Fsp3) is 0.370. The summed E-state index contributed by atoms with van der Waals surface area (Å²) in [6.07, 6.45) is 13.2. The Morgan fingerprint density at radius 2 is 1.94 bits per heavy atom. The lowest BCUT2D eigenvalue weighted by molar-refractivity contribution is 0.0523. The average molecular weight is 440 g/mol. The number of aromatic amines is 1. The second-order valence-electron chi connectivity index (χ2n) is 9.66. The summed E-state index contributed by atoms with van der Waals surface area (Å²) in [5.74, 6) is 1.77. The highest BCUT2D eigenvalue weighted by Gasteiger charge is 2.43. The van der Waals surface area contributed by atoms with Gasteiger partial charge in [0.15, 0.2) is 0 Å². The quantitative estimate of drug-likeness (QED) is 0.488. The van der Waals surface area contributed by atoms with Gasteiger partial charge in [0.1, 0.15) is 11.5 Å². The molecule has 33 heavy (non-hydrogen) atoms. The van der Waals surface area contributed by atoms with Gasteiger partial charge in [0, 0.05) is 54.4 Å². The number of H-pyrrole nitrogens is 1. The smallest absolute Gasteiger partial charge is 0.254 e. The van der Waals surface area contributed by atoms with E-state index in [2.05, 4.69) is 42.6 Å². The Bertz CT molecular complexity index is 1290. The van der Waals surface area contributed by atoms with Crippen molar-refractivity contribution in [3.63, 3.8) is 0 Å². The van der Waals surface area contributed by atoms with E-state index in [-0.39, 0.29) is 5.91 Å². The number of amides is 1. The van der Waals surface area contributed by atoms with Crippen LogP contribution in [0, 0.1) is 12.8 Å². The van der Waals surface area contributed by atoms with Crippen molar-refractivity contribution < 1.29 is 4.79 Å². The van der Waals surface area contributed by atoms with Crippen molar-refractivity contribution in [3.8, 4) is 0 Å². The highest BCUT2D eigenvalue weighted by molar-refractivity contribution is 5.96. The normalized spacial score (nSPS) is 22.2. The molecule has 1 amide bonds. The van der Waals surface area contributed by atoms with E-state index in [0.717, 1.165) is 54.7 Å². The van der Waals surface area contributed by atoms with Gasteiger partial charge >= 0.3 is 0 Å². The Morgan fingerprint density at radius 3 is 2.73 bits per heavy atom. The topological polar surface area (TPSA) is 66.8 Å². The van der Waals surface area contributed by atoms with Gasteiger partial charge in [-0.2, -0.15) is 0 Å². The van der Waals surface area contributed by atoms with Crippen LogP contribution in [-0.2, 0) is 13.0 Å². The number of nitrogens with zero attached hydrogens (tertiary/aromatic N) is 4. The number of carbonyl (C=O) groups is 1. The molecule has 0 aliphatic carbocycles. The molecule has 0 radical (unpaired) electrons. The van der Waals surface area contributed by atoms with Crippen molar-refractivity contribution in [3.05, 3.63) is 83.7 Å². The Balaban J connectivity index is 1.19. The van der Waals surface area contributed by atoms with Crippen molar-refractivity contribution in [2.45, 2.75) is 57.7 Å². The van der Waals surface area contributed by atoms with E-state index < -0.39 is 0 Å². The maximum absolute atomic E-state index is 13.8. The molecule has 0 saturated carbocycles. The van der Waals surface area contributed by atoms with E-state index in [9.17, 15) is 4.79 Å². The van der Waals surface area contributed by atoms with E-state index in [0.29, 0.717) is 24.5 Å². The van der Waals surface area contributed by atoms with Crippen LogP contribution in [0.5, 0.6) is 0 Å². The molecule has 1 N–H and O–H groups in total. The lowest BCUT2D eigenvalue weighted by Gasteiger charge is -2.39. The molecule has 6 rings (SSSR count). The third kappa shape index (κ3) is 3.73. The second kappa shape index (κ2) is 8.18. The summed E-state index contributed by atoms with van der Waals surface area (Å²) in [5.41, 5.74) is 4.15. The first-order valence-corrected chi connectivity index (χ1v) is 12.0. The fourth-order valence-corrected chi connectivity index (χ4v) is 5.98. The summed E-state index contributed by atoms with van der Waals surface area (Å²) in [5, 5.41) is 1.17. The lowest BCUT2D eigenvalue weighted by atomic mass is 9.85. The molecule has 1 aromatic carbocycles. The summed E-state index contributed by atoms with van der Waals surface area (Å²) in [7, 11) is 0. The number of aromatic nitrogens is 4. The SMILES string of the molecule is Cc1nccn1Cc1ccccc1C(=O)N1[C@H]2CC[C@H]1CC(Cc1cnc3[nH]ccc3c1)C2. The number of aryl methyl sites for hydroxylation is 1. The largest absolute Gasteiger partial charge is 0.346 e. The van der Waals surface area contributed by atoms with E-state index in [4.69, 9.17) is 0 Å². The molecule has 6 nitrogen and oxygen atoms in total. The van der Waals surface area contributed by atoms with Gasteiger partial charge in [-0.05, 0) is 74.3 Å². The molecule has 2 bridgehead atoms. The minimum absolute atomic E-state index is 0.199. The van der Waals surface area contributed by atoms with Crippen molar-refractivity contribution in [1.82, 2.24) is 24.4 Å². The predicted molar refractivity (Wildman–Crippen MR) is 128 cm³/mol. The average Bonchev–Trinajstić information content (AvgIpc) is 3.52. The summed E-state index contributed by atoms with van der Waals surface area (Å²) < 4.78 is 2.10. The van der Waals surface area contributed by atoms with Gasteiger partial charge in [0.05, 0.1) is 0 Å². The van der Waals surface area contributed by atoms with Crippen molar-refractivity contribution in [2.75, 3.05) is 0 Å². The molecule has 6 heteroatoms. The van der Waals surface area contributed by atoms with Crippen LogP contribution in [0.4, 0.5) is 0 Å². The number of pyridine rings is 1. The maximum atomic E-state index is 13.8. The molecule has 2 aliphatic heterocycles. The number of piperidine rings is 1. The summed E-state index contributed by atoms with van der Waals surface area (Å²) in [6, 6.07) is 13.1. The van der Waals surface area contributed by atoms with Crippen LogP contribution in [0.3, 0.4) is 0 Å². The second-order valence-corrected chi connectivity index (χ2v) is 9.66. The van der Waals surface area contributed by atoms with Gasteiger partial charge in [-0.3, -0.25) is 4.79 Å². The lowest BCUT2D eigenvalue weighted by Crippen LogP contribution is -2.47. The van der Waals surface area contributed by atoms with Gasteiger partial charge in [-0.25, -0.2) is 9.97 Å². The fourth-order valence-electron chi connectivity index (χ4n) is 5.98. The number of benzene rings is 1. The summed E-state index contributed by atoms with van der Waals surface area (Å²) in [4.78, 5) is 28.0. The molecule has 2 saturated heterocycles. The van der Waals surface area contributed by atoms with Crippen molar-refractivity contribution >= 4 is 16.9 Å². The number of carbonyl (C=O) groups excluding carboxylic acids is 1. The van der Waals surface area contributed by atoms with Crippen molar-refractivity contribution in [1.29, 1.82) is 0 Å². The molecule has 168 valence electrons. The van der Waals surface area contributed by atoms with Crippen LogP contribution < -0.4 is 0 Å². The molecule has 3 aromatic heterocycles. The Hall–Kier alpha value is -3.41. The van der Waals surface area contributed by atoms with Gasteiger partial charge in [-0.1, -0.05) is 18.2 Å². The van der Waals surface area contributed by atoms with Crippen molar-refractivity contribution in [2.24, 2.45) is 5.92 Å². The van der Waals surface area contributed by atoms with Gasteiger partial charge in [0.25, 0.3) is 5.91 Å². The van der Waals surface area contributed by atoms with E-state index in [1.807, 2.05) is 49.9 Å². The first-order valence-electron chi connectivity index (χ1n) is 12.0. The first kappa shape index (κ1) is 20.2. The minimum Gasteiger partial charge on any atom is -0.346 e. The molecular weight excluding hydrogens is 410 g/mol. The number of rotatable bonds is 5. The number of hydrogen-bond donors (Lipinski definition) is 1. The molecule has 2 fully saturated rings. The van der Waals surface area contributed by atoms with Gasteiger partial charge in [-0.15, -0.1) is 0 Å². The van der Waals surface area contributed by atoms with E-state index in [1.165, 1.54) is 10.9 Å². The van der Waals surface area contributed by atoms with Crippen LogP contribution in [0.2, 0.25) is 0 Å². The van der Waals surface area contributed by atoms with Crippen LogP contribution in [0.25, 0.3) is 11.0 Å². The Labute approximate surface area is 193 Å². The minimum atomic E-state index is 0.199. The zero-order chi connectivity index (χ0) is 22.4. The molecule has 5 heterocycles. The van der Waals surface area contributed by atoms with Crippen LogP contribution in [0.15, 0.2) is 61.2 Å². The Morgan fingerprint density at radius 1 is 1.12 bits per heavy atom. The van der Waals surface area contributed by atoms with Crippen LogP contribution in [-0.4, -0.2) is 42.4 Å². The third-order valence-corrected chi connectivity index (χ3v) is 7.56. The van der Waals surface area contributed by atoms with Gasteiger partial charge < -0.3 is 14.5 Å². The van der Waals surface area contributed by atoms with E-state index >= 15 is 0 Å². The monoisotopic (exact) mass is 439 g/mol. The predicted octanol–water partition coefficient (Wildman–Crippen LogP) is 4.74. The van der Waals surface area contributed by atoms with Gasteiger partial charge in [0.2, 0.25) is 0 Å². The molecular formula is C27H29N5O. The zero-order valence-electron chi connectivity index (χ0n) is 18.9. The molecule has 0 spiro atoms. The number of nitrogens with one attached hydrogen (secondary N) is 1. The molecule has 4 aromatic rings. The Kier molecular flexibility index (Phi) is 5.01. The maximum Gasteiger partial charge on any atom is 0.254 e. The highest BCUT2D eigenvalue weighted by Crippen LogP contribution is 2.41. The van der Waals surface area contributed by atoms with Crippen LogP contribution in [0.1, 0.15) is 53.0 Å². The first-order chi connectivity index (χ1) is 16.2. The molecule has 2 atom stereocenters. The third-order valence-electron chi connectivity index (χ3n) is 7.56. The number of fused-ring (bicyclic) bond motifs is 3. The number of imidazole rings is 1. The zero-order valence-corrected chi connectivity index (χ0v) is 18.9. The van der Waals surface area contributed by atoms with Crippen LogP contribution >= 0.6 is 0 Å². The summed E-state index contributed by atoms with van der Waals surface area (Å²) in [6.45, 7) is 2.67. The molecule has 0 unspecified atom stereocenters. The number of hydrogen-bond acceptors (Lipinski definition) is 3. The van der Waals surface area contributed by atoms with E-state index in [1.54, 1.807) is 0 Å². The summed E-state index contributed by atoms with van der Waals surface area (Å²) >= 11 is 0. The molecule has 2 aliphatic rings. The highest BCUT2D eigenvalue weighted by atomic mass is 16.2.